The predicted octanol–water partition coefficient (Wildman–Crippen LogP) is 2.26. The van der Waals surface area contributed by atoms with Gasteiger partial charge in [-0.05, 0) is 24.5 Å². The molecule has 1 aromatic rings. The van der Waals surface area contributed by atoms with Gasteiger partial charge in [0.2, 0.25) is 0 Å². The van der Waals surface area contributed by atoms with Gasteiger partial charge >= 0.3 is 5.97 Å². The summed E-state index contributed by atoms with van der Waals surface area (Å²) in [5.74, 6) is -1.04. The summed E-state index contributed by atoms with van der Waals surface area (Å²) in [6, 6.07) is 7.89. The molecule has 0 aromatic heterocycles. The van der Waals surface area contributed by atoms with Gasteiger partial charge in [-0.15, -0.1) is 0 Å². The fourth-order valence-corrected chi connectivity index (χ4v) is 1.26. The van der Waals surface area contributed by atoms with Crippen molar-refractivity contribution in [3.8, 4) is 0 Å². The van der Waals surface area contributed by atoms with E-state index in [0.717, 1.165) is 11.1 Å². The quantitative estimate of drug-likeness (QED) is 0.770. The summed E-state index contributed by atoms with van der Waals surface area (Å²) in [5.41, 5.74) is 2.29. The van der Waals surface area contributed by atoms with Crippen LogP contribution in [0.25, 0.3) is 0 Å². The van der Waals surface area contributed by atoms with Crippen LogP contribution in [0.4, 0.5) is 0 Å². The van der Waals surface area contributed by atoms with Crippen LogP contribution in [0.3, 0.4) is 0 Å². The molecule has 1 unspecified atom stereocenters. The van der Waals surface area contributed by atoms with Crippen molar-refractivity contribution in [1.82, 2.24) is 0 Å². The zero-order chi connectivity index (χ0) is 9.84. The Bertz CT molecular complexity index is 305. The first-order valence-electron chi connectivity index (χ1n) is 4.38. The molecule has 0 heterocycles. The first kappa shape index (κ1) is 9.78. The molecule has 1 N–H and O–H groups in total. The second-order valence-corrected chi connectivity index (χ2v) is 3.37. The number of benzene rings is 1. The van der Waals surface area contributed by atoms with Crippen molar-refractivity contribution in [2.24, 2.45) is 5.92 Å². The van der Waals surface area contributed by atoms with Crippen LogP contribution in [0.15, 0.2) is 24.3 Å². The van der Waals surface area contributed by atoms with Crippen LogP contribution < -0.4 is 0 Å². The summed E-state index contributed by atoms with van der Waals surface area (Å²) in [6.07, 6.45) is 0.613. The van der Waals surface area contributed by atoms with Gasteiger partial charge in [0.05, 0.1) is 5.92 Å². The summed E-state index contributed by atoms with van der Waals surface area (Å²) in [4.78, 5) is 10.6. The number of carbonyl (C=O) groups is 1. The van der Waals surface area contributed by atoms with Gasteiger partial charge in [0, 0.05) is 0 Å². The summed E-state index contributed by atoms with van der Waals surface area (Å²) >= 11 is 0. The molecular weight excluding hydrogens is 164 g/mol. The van der Waals surface area contributed by atoms with E-state index in [1.807, 2.05) is 31.2 Å². The maximum Gasteiger partial charge on any atom is 0.306 e. The minimum Gasteiger partial charge on any atom is -0.481 e. The fraction of sp³-hybridized carbons (Fsp3) is 0.364. The number of aryl methyl sites for hydroxylation is 1. The predicted molar refractivity (Wildman–Crippen MR) is 51.7 cm³/mol. The Balaban J connectivity index is 2.74. The molecule has 0 bridgehead atoms. The highest BCUT2D eigenvalue weighted by Crippen LogP contribution is 2.12. The molecule has 0 fully saturated rings. The Hall–Kier alpha value is -1.31. The zero-order valence-corrected chi connectivity index (χ0v) is 7.95. The first-order valence-corrected chi connectivity index (χ1v) is 4.38. The lowest BCUT2D eigenvalue weighted by Gasteiger charge is -2.08. The third-order valence-corrected chi connectivity index (χ3v) is 2.21. The van der Waals surface area contributed by atoms with Gasteiger partial charge in [0.25, 0.3) is 0 Å². The molecule has 0 saturated carbocycles. The second kappa shape index (κ2) is 4.08. The molecule has 0 spiro atoms. The topological polar surface area (TPSA) is 37.3 Å². The highest BCUT2D eigenvalue weighted by atomic mass is 16.4. The largest absolute Gasteiger partial charge is 0.481 e. The van der Waals surface area contributed by atoms with E-state index < -0.39 is 5.97 Å². The van der Waals surface area contributed by atoms with Gasteiger partial charge in [0.1, 0.15) is 0 Å². The van der Waals surface area contributed by atoms with Crippen LogP contribution in [-0.2, 0) is 11.2 Å². The third kappa shape index (κ3) is 2.58. The minimum absolute atomic E-state index is 0.305. The second-order valence-electron chi connectivity index (χ2n) is 3.37. The molecular formula is C11H14O2. The average molecular weight is 178 g/mol. The molecule has 0 aliphatic rings. The van der Waals surface area contributed by atoms with Crippen LogP contribution >= 0.6 is 0 Å². The Kier molecular flexibility index (Phi) is 3.07. The molecule has 0 saturated heterocycles. The molecule has 13 heavy (non-hydrogen) atoms. The molecule has 70 valence electrons. The average Bonchev–Trinajstić information content (AvgIpc) is 2.08. The lowest BCUT2D eigenvalue weighted by Crippen LogP contribution is -2.12. The van der Waals surface area contributed by atoms with Gasteiger partial charge in [-0.2, -0.15) is 0 Å². The molecule has 0 aliphatic carbocycles. The van der Waals surface area contributed by atoms with Gasteiger partial charge in [-0.1, -0.05) is 31.2 Å². The maximum absolute atomic E-state index is 10.6. The third-order valence-electron chi connectivity index (χ3n) is 2.21. The van der Waals surface area contributed by atoms with E-state index in [0.29, 0.717) is 6.42 Å². The van der Waals surface area contributed by atoms with E-state index in [9.17, 15) is 4.79 Å². The highest BCUT2D eigenvalue weighted by Gasteiger charge is 2.11. The molecule has 1 atom stereocenters. The van der Waals surface area contributed by atoms with Crippen molar-refractivity contribution in [2.45, 2.75) is 20.3 Å². The summed E-state index contributed by atoms with van der Waals surface area (Å²) in [6.45, 7) is 3.73. The number of rotatable bonds is 3. The molecule has 0 aliphatic heterocycles. The number of carboxylic acid groups (broad SMARTS) is 1. The highest BCUT2D eigenvalue weighted by molar-refractivity contribution is 5.69. The van der Waals surface area contributed by atoms with Crippen LogP contribution in [0.5, 0.6) is 0 Å². The normalized spacial score (nSPS) is 12.5. The minimum atomic E-state index is -0.733. The lowest BCUT2D eigenvalue weighted by atomic mass is 9.98. The van der Waals surface area contributed by atoms with E-state index in [1.54, 1.807) is 6.92 Å². The molecule has 2 heteroatoms. The SMILES string of the molecule is Cc1ccccc1CC(C)C(=O)O. The van der Waals surface area contributed by atoms with Crippen molar-refractivity contribution >= 4 is 5.97 Å². The molecule has 2 nitrogen and oxygen atoms in total. The van der Waals surface area contributed by atoms with Crippen LogP contribution in [-0.4, -0.2) is 11.1 Å². The van der Waals surface area contributed by atoms with Crippen molar-refractivity contribution in [1.29, 1.82) is 0 Å². The van der Waals surface area contributed by atoms with E-state index in [1.165, 1.54) is 0 Å². The Morgan fingerprint density at radius 1 is 1.46 bits per heavy atom. The lowest BCUT2D eigenvalue weighted by molar-refractivity contribution is -0.141. The summed E-state index contributed by atoms with van der Waals surface area (Å²) in [7, 11) is 0. The Morgan fingerprint density at radius 2 is 2.08 bits per heavy atom. The molecule has 1 rings (SSSR count). The van der Waals surface area contributed by atoms with Crippen molar-refractivity contribution in [3.05, 3.63) is 35.4 Å². The van der Waals surface area contributed by atoms with Gasteiger partial charge in [-0.3, -0.25) is 4.79 Å². The van der Waals surface area contributed by atoms with Crippen LogP contribution in [0.1, 0.15) is 18.1 Å². The van der Waals surface area contributed by atoms with E-state index in [2.05, 4.69) is 0 Å². The van der Waals surface area contributed by atoms with E-state index in [-0.39, 0.29) is 5.92 Å². The summed E-state index contributed by atoms with van der Waals surface area (Å²) < 4.78 is 0. The number of hydrogen-bond acceptors (Lipinski definition) is 1. The molecule has 0 amide bonds. The Labute approximate surface area is 78.2 Å². The van der Waals surface area contributed by atoms with Crippen LogP contribution in [0, 0.1) is 12.8 Å². The van der Waals surface area contributed by atoms with Gasteiger partial charge in [-0.25, -0.2) is 0 Å². The number of aliphatic carboxylic acids is 1. The fourth-order valence-electron chi connectivity index (χ4n) is 1.26. The number of hydrogen-bond donors (Lipinski definition) is 1. The smallest absolute Gasteiger partial charge is 0.306 e. The van der Waals surface area contributed by atoms with E-state index in [4.69, 9.17) is 5.11 Å². The van der Waals surface area contributed by atoms with Crippen molar-refractivity contribution < 1.29 is 9.90 Å². The van der Waals surface area contributed by atoms with Crippen molar-refractivity contribution in [2.75, 3.05) is 0 Å². The molecule has 0 radical (unpaired) electrons. The maximum atomic E-state index is 10.6. The van der Waals surface area contributed by atoms with E-state index >= 15 is 0 Å². The standard InChI is InChI=1S/C11H14O2/c1-8-5-3-4-6-10(8)7-9(2)11(12)13/h3-6,9H,7H2,1-2H3,(H,12,13). The number of carboxylic acids is 1. The zero-order valence-electron chi connectivity index (χ0n) is 7.95. The first-order chi connectivity index (χ1) is 6.11. The van der Waals surface area contributed by atoms with Crippen LogP contribution in [0.2, 0.25) is 0 Å². The molecule has 1 aromatic carbocycles. The Morgan fingerprint density at radius 3 is 2.62 bits per heavy atom. The monoisotopic (exact) mass is 178 g/mol. The summed E-state index contributed by atoms with van der Waals surface area (Å²) in [5, 5.41) is 8.73. The van der Waals surface area contributed by atoms with Gasteiger partial charge in [0.15, 0.2) is 0 Å². The van der Waals surface area contributed by atoms with Crippen molar-refractivity contribution in [3.63, 3.8) is 0 Å². The van der Waals surface area contributed by atoms with Gasteiger partial charge < -0.3 is 5.11 Å².